The third-order valence-electron chi connectivity index (χ3n) is 5.99. The molecule has 0 spiro atoms. The van der Waals surface area contributed by atoms with Gasteiger partial charge in [-0.15, -0.1) is 0 Å². The number of hydrogen-bond donors (Lipinski definition) is 2. The quantitative estimate of drug-likeness (QED) is 0.101. The molecule has 0 saturated heterocycles. The lowest BCUT2D eigenvalue weighted by atomic mass is 10.0. The van der Waals surface area contributed by atoms with E-state index in [1.165, 1.54) is 71.1 Å². The lowest BCUT2D eigenvalue weighted by molar-refractivity contribution is -0.888. The Kier molecular flexibility index (Phi) is 23.7. The number of amides is 1. The van der Waals surface area contributed by atoms with E-state index in [-0.39, 0.29) is 12.5 Å². The molecular formula is C25H54N2O6S. The molecule has 1 unspecified atom stereocenters. The van der Waals surface area contributed by atoms with Crippen molar-refractivity contribution in [1.82, 2.24) is 5.32 Å². The standard InChI is InChI=1S/C23H48N2O2.C2H6O4S/c1-5-7-8-9-10-11-12-13-14-15-16-17-19-22(26)23(27)24-20-18-21-25(3,4)6-2;1-2-6-7(3,4)5/h22,26H,5-21H2,1-4H3;2H2,1H3,(H,3,4,5). The summed E-state index contributed by atoms with van der Waals surface area (Å²) in [6.07, 6.45) is 16.3. The van der Waals surface area contributed by atoms with E-state index >= 15 is 0 Å². The van der Waals surface area contributed by atoms with E-state index in [1.807, 2.05) is 0 Å². The molecule has 0 radical (unpaired) electrons. The van der Waals surface area contributed by atoms with Crippen molar-refractivity contribution in [2.24, 2.45) is 0 Å². The molecule has 206 valence electrons. The maximum Gasteiger partial charge on any atom is 0.248 e. The second-order valence-corrected chi connectivity index (χ2v) is 10.7. The summed E-state index contributed by atoms with van der Waals surface area (Å²) in [5.74, 6) is -0.195. The molecular weight excluding hydrogens is 456 g/mol. The summed E-state index contributed by atoms with van der Waals surface area (Å²) in [4.78, 5) is 11.9. The first-order chi connectivity index (χ1) is 16.0. The van der Waals surface area contributed by atoms with E-state index in [1.54, 1.807) is 0 Å². The Balaban J connectivity index is 0. The summed E-state index contributed by atoms with van der Waals surface area (Å²) in [7, 11) is -0.0268. The number of rotatable bonds is 21. The molecule has 0 fully saturated rings. The summed E-state index contributed by atoms with van der Waals surface area (Å²) in [6.45, 7) is 8.58. The van der Waals surface area contributed by atoms with Crippen LogP contribution in [0.4, 0.5) is 0 Å². The minimum atomic E-state index is -4.42. The maximum atomic E-state index is 11.9. The van der Waals surface area contributed by atoms with Crippen molar-refractivity contribution in [2.75, 3.05) is 40.3 Å². The summed E-state index contributed by atoms with van der Waals surface area (Å²) in [5.41, 5.74) is 0. The van der Waals surface area contributed by atoms with Gasteiger partial charge < -0.3 is 19.5 Å². The maximum absolute atomic E-state index is 11.9. The van der Waals surface area contributed by atoms with E-state index in [0.29, 0.717) is 13.0 Å². The number of aliphatic hydroxyl groups is 1. The normalized spacial score (nSPS) is 12.7. The zero-order valence-corrected chi connectivity index (χ0v) is 23.5. The van der Waals surface area contributed by atoms with Crippen LogP contribution >= 0.6 is 0 Å². The molecule has 8 nitrogen and oxygen atoms in total. The fraction of sp³-hybridized carbons (Fsp3) is 0.960. The van der Waals surface area contributed by atoms with Crippen LogP contribution in [-0.4, -0.2) is 74.9 Å². The summed E-state index contributed by atoms with van der Waals surface area (Å²) in [5, 5.41) is 12.8. The largest absolute Gasteiger partial charge is 0.726 e. The number of aliphatic hydroxyl groups excluding tert-OH is 1. The molecule has 0 bridgehead atoms. The van der Waals surface area contributed by atoms with Gasteiger partial charge in [-0.2, -0.15) is 0 Å². The zero-order valence-electron chi connectivity index (χ0n) is 22.6. The molecule has 1 amide bonds. The van der Waals surface area contributed by atoms with E-state index < -0.39 is 16.5 Å². The molecule has 34 heavy (non-hydrogen) atoms. The Morgan fingerprint density at radius 3 is 1.74 bits per heavy atom. The van der Waals surface area contributed by atoms with E-state index in [9.17, 15) is 22.9 Å². The van der Waals surface area contributed by atoms with Crippen molar-refractivity contribution < 1.29 is 31.5 Å². The molecule has 9 heteroatoms. The molecule has 0 aliphatic heterocycles. The molecule has 1 atom stereocenters. The number of carbonyl (C=O) groups excluding carboxylic acids is 1. The van der Waals surface area contributed by atoms with Crippen LogP contribution in [0.15, 0.2) is 0 Å². The highest BCUT2D eigenvalue weighted by Gasteiger charge is 2.15. The Morgan fingerprint density at radius 2 is 1.35 bits per heavy atom. The Hall–Kier alpha value is -0.740. The van der Waals surface area contributed by atoms with Crippen molar-refractivity contribution >= 4 is 16.3 Å². The first-order valence-electron chi connectivity index (χ1n) is 13.4. The van der Waals surface area contributed by atoms with Gasteiger partial charge in [0.25, 0.3) is 0 Å². The summed E-state index contributed by atoms with van der Waals surface area (Å²) < 4.78 is 33.0. The number of quaternary nitrogens is 1. The van der Waals surface area contributed by atoms with Crippen LogP contribution in [0.2, 0.25) is 0 Å². The van der Waals surface area contributed by atoms with Crippen LogP contribution in [0.5, 0.6) is 0 Å². The number of nitrogens with zero attached hydrogens (tertiary/aromatic N) is 1. The van der Waals surface area contributed by atoms with Gasteiger partial charge in [-0.3, -0.25) is 8.98 Å². The molecule has 0 aliphatic rings. The van der Waals surface area contributed by atoms with Crippen molar-refractivity contribution in [1.29, 1.82) is 0 Å². The highest BCUT2D eigenvalue weighted by atomic mass is 32.3. The van der Waals surface area contributed by atoms with Crippen LogP contribution in [0, 0.1) is 0 Å². The van der Waals surface area contributed by atoms with Crippen LogP contribution in [0.25, 0.3) is 0 Å². The van der Waals surface area contributed by atoms with Gasteiger partial charge in [-0.25, -0.2) is 8.42 Å². The fourth-order valence-corrected chi connectivity index (χ4v) is 3.74. The first-order valence-corrected chi connectivity index (χ1v) is 14.7. The number of unbranched alkanes of at least 4 members (excludes halogenated alkanes) is 11. The van der Waals surface area contributed by atoms with Gasteiger partial charge in [0, 0.05) is 13.0 Å². The second-order valence-electron chi connectivity index (χ2n) is 9.63. The smallest absolute Gasteiger partial charge is 0.248 e. The van der Waals surface area contributed by atoms with Gasteiger partial charge in [0.05, 0.1) is 33.8 Å². The lowest BCUT2D eigenvalue weighted by Crippen LogP contribution is -2.42. The van der Waals surface area contributed by atoms with Crippen molar-refractivity contribution in [3.8, 4) is 0 Å². The van der Waals surface area contributed by atoms with Crippen LogP contribution < -0.4 is 5.32 Å². The Labute approximate surface area is 210 Å². The molecule has 2 N–H and O–H groups in total. The SMILES string of the molecule is CCCCCCCCCCCCCCC(O)C(=O)NCCC[N+](C)(C)CC.CCOS(=O)(=O)[O-]. The van der Waals surface area contributed by atoms with Crippen LogP contribution in [0.3, 0.4) is 0 Å². The minimum Gasteiger partial charge on any atom is -0.726 e. The molecule has 0 aromatic heterocycles. The Morgan fingerprint density at radius 1 is 0.882 bits per heavy atom. The van der Waals surface area contributed by atoms with Crippen molar-refractivity contribution in [2.45, 2.75) is 117 Å². The average Bonchev–Trinajstić information content (AvgIpc) is 2.76. The number of nitrogens with one attached hydrogen (secondary N) is 1. The fourth-order valence-electron chi connectivity index (χ4n) is 3.45. The van der Waals surface area contributed by atoms with Gasteiger partial charge in [-0.05, 0) is 20.3 Å². The van der Waals surface area contributed by atoms with E-state index in [4.69, 9.17) is 0 Å². The van der Waals surface area contributed by atoms with E-state index in [2.05, 4.69) is 37.4 Å². The monoisotopic (exact) mass is 510 g/mol. The summed E-state index contributed by atoms with van der Waals surface area (Å²) in [6, 6.07) is 0. The number of hydrogen-bond acceptors (Lipinski definition) is 6. The molecule has 0 saturated carbocycles. The predicted octanol–water partition coefficient (Wildman–Crippen LogP) is 4.52. The zero-order chi connectivity index (χ0) is 26.3. The minimum absolute atomic E-state index is 0.0914. The topological polar surface area (TPSA) is 116 Å². The highest BCUT2D eigenvalue weighted by molar-refractivity contribution is 7.80. The van der Waals surface area contributed by atoms with Gasteiger partial charge in [-0.1, -0.05) is 84.0 Å². The highest BCUT2D eigenvalue weighted by Crippen LogP contribution is 2.13. The lowest BCUT2D eigenvalue weighted by Gasteiger charge is -2.28. The van der Waals surface area contributed by atoms with Gasteiger partial charge in [0.15, 0.2) is 0 Å². The second kappa shape index (κ2) is 22.7. The molecule has 0 heterocycles. The van der Waals surface area contributed by atoms with Gasteiger partial charge in [0.2, 0.25) is 16.3 Å². The number of carbonyl (C=O) groups is 1. The third kappa shape index (κ3) is 27.5. The summed E-state index contributed by atoms with van der Waals surface area (Å²) >= 11 is 0. The van der Waals surface area contributed by atoms with Crippen LogP contribution in [0.1, 0.15) is 111 Å². The predicted molar refractivity (Wildman–Crippen MR) is 138 cm³/mol. The first kappa shape index (κ1) is 35.4. The molecule has 0 rings (SSSR count). The van der Waals surface area contributed by atoms with Crippen molar-refractivity contribution in [3.05, 3.63) is 0 Å². The average molecular weight is 511 g/mol. The van der Waals surface area contributed by atoms with Gasteiger partial charge in [0.1, 0.15) is 6.10 Å². The van der Waals surface area contributed by atoms with Gasteiger partial charge >= 0.3 is 0 Å². The van der Waals surface area contributed by atoms with Crippen LogP contribution in [-0.2, 0) is 19.4 Å². The molecule has 0 aromatic rings. The van der Waals surface area contributed by atoms with Crippen molar-refractivity contribution in [3.63, 3.8) is 0 Å². The Bertz CT molecular complexity index is 570. The molecule has 0 aromatic carbocycles. The molecule has 0 aliphatic carbocycles. The van der Waals surface area contributed by atoms with E-state index in [0.717, 1.165) is 36.8 Å². The third-order valence-corrected chi connectivity index (χ3v) is 6.52.